The fourth-order valence-electron chi connectivity index (χ4n) is 7.53. The molecule has 4 saturated carbocycles. The van der Waals surface area contributed by atoms with E-state index in [0.29, 0.717) is 28.5 Å². The number of amides is 3. The monoisotopic (exact) mass is 554 g/mol. The maximum atomic E-state index is 14.4. The number of imide groups is 1. The minimum absolute atomic E-state index is 0.00252. The van der Waals surface area contributed by atoms with Crippen molar-refractivity contribution in [3.8, 4) is 0 Å². The average Bonchev–Trinajstić information content (AvgIpc) is 3.11. The van der Waals surface area contributed by atoms with Crippen LogP contribution in [0, 0.1) is 23.2 Å². The van der Waals surface area contributed by atoms with Crippen LogP contribution >= 0.6 is 27.5 Å². The van der Waals surface area contributed by atoms with Crippen molar-refractivity contribution in [1.82, 2.24) is 4.90 Å². The lowest BCUT2D eigenvalue weighted by Gasteiger charge is -2.57. The Hall–Kier alpha value is -2.18. The zero-order valence-electron chi connectivity index (χ0n) is 19.5. The number of anilines is 1. The normalized spacial score (nSPS) is 31.3. The van der Waals surface area contributed by atoms with Crippen LogP contribution in [-0.2, 0) is 20.9 Å². The van der Waals surface area contributed by atoms with E-state index in [1.54, 1.807) is 23.1 Å². The van der Waals surface area contributed by atoms with Crippen molar-refractivity contribution in [3.05, 3.63) is 63.6 Å². The molecule has 0 spiro atoms. The van der Waals surface area contributed by atoms with Gasteiger partial charge in [0.15, 0.2) is 0 Å². The third kappa shape index (κ3) is 4.03. The molecule has 182 valence electrons. The molecule has 0 aromatic heterocycles. The lowest BCUT2D eigenvalue weighted by atomic mass is 9.49. The summed E-state index contributed by atoms with van der Waals surface area (Å²) in [5, 5.41) is 0.567. The number of benzene rings is 2. The van der Waals surface area contributed by atoms with Crippen molar-refractivity contribution in [2.75, 3.05) is 4.90 Å². The van der Waals surface area contributed by atoms with Gasteiger partial charge in [0.1, 0.15) is 6.04 Å². The van der Waals surface area contributed by atoms with E-state index in [9.17, 15) is 14.4 Å². The molecule has 1 heterocycles. The lowest BCUT2D eigenvalue weighted by Crippen LogP contribution is -2.57. The summed E-state index contributed by atoms with van der Waals surface area (Å²) in [4.78, 5) is 44.2. The Bertz CT molecular complexity index is 1160. The first-order valence-corrected chi connectivity index (χ1v) is 13.7. The number of rotatable bonds is 5. The Morgan fingerprint density at radius 2 is 1.57 bits per heavy atom. The van der Waals surface area contributed by atoms with Crippen LogP contribution in [0.15, 0.2) is 53.0 Å². The van der Waals surface area contributed by atoms with Gasteiger partial charge in [0, 0.05) is 16.0 Å². The average molecular weight is 556 g/mol. The van der Waals surface area contributed by atoms with Crippen LogP contribution in [0.3, 0.4) is 0 Å². The Labute approximate surface area is 218 Å². The summed E-state index contributed by atoms with van der Waals surface area (Å²) in [7, 11) is 0. The third-order valence-electron chi connectivity index (χ3n) is 8.64. The van der Waals surface area contributed by atoms with Gasteiger partial charge < -0.3 is 4.90 Å². The van der Waals surface area contributed by atoms with Crippen molar-refractivity contribution in [1.29, 1.82) is 0 Å². The van der Waals surface area contributed by atoms with E-state index in [1.165, 1.54) is 24.2 Å². The predicted molar refractivity (Wildman–Crippen MR) is 138 cm³/mol. The molecule has 4 aliphatic carbocycles. The number of carbonyl (C=O) groups excluding carboxylic acids is 3. The maximum absolute atomic E-state index is 14.4. The smallest absolute Gasteiger partial charge is 0.257 e. The molecular weight excluding hydrogens is 528 g/mol. The van der Waals surface area contributed by atoms with Crippen LogP contribution < -0.4 is 4.90 Å². The van der Waals surface area contributed by atoms with Gasteiger partial charge in [-0.2, -0.15) is 0 Å². The number of halogens is 2. The van der Waals surface area contributed by atoms with Gasteiger partial charge in [0.2, 0.25) is 11.8 Å². The highest BCUT2D eigenvalue weighted by molar-refractivity contribution is 9.10. The quantitative estimate of drug-likeness (QED) is 0.427. The van der Waals surface area contributed by atoms with Crippen LogP contribution in [0.25, 0.3) is 0 Å². The molecule has 35 heavy (non-hydrogen) atoms. The second-order valence-corrected chi connectivity index (χ2v) is 12.3. The predicted octanol–water partition coefficient (Wildman–Crippen LogP) is 5.98. The molecule has 1 unspecified atom stereocenters. The highest BCUT2D eigenvalue weighted by Crippen LogP contribution is 2.60. The summed E-state index contributed by atoms with van der Waals surface area (Å²) in [6, 6.07) is 13.8. The zero-order valence-corrected chi connectivity index (χ0v) is 21.8. The van der Waals surface area contributed by atoms with Crippen molar-refractivity contribution >= 4 is 50.9 Å². The zero-order chi connectivity index (χ0) is 24.3. The molecule has 1 aliphatic heterocycles. The summed E-state index contributed by atoms with van der Waals surface area (Å²) < 4.78 is 0.870. The maximum Gasteiger partial charge on any atom is 0.257 e. The summed E-state index contributed by atoms with van der Waals surface area (Å²) in [5.41, 5.74) is 0.921. The molecule has 5 nitrogen and oxygen atoms in total. The molecule has 5 fully saturated rings. The van der Waals surface area contributed by atoms with Crippen molar-refractivity contribution in [2.24, 2.45) is 23.2 Å². The molecule has 7 heteroatoms. The van der Waals surface area contributed by atoms with Crippen molar-refractivity contribution < 1.29 is 14.4 Å². The van der Waals surface area contributed by atoms with Gasteiger partial charge >= 0.3 is 0 Å². The van der Waals surface area contributed by atoms with E-state index in [2.05, 4.69) is 15.9 Å². The van der Waals surface area contributed by atoms with E-state index in [1.807, 2.05) is 30.3 Å². The SMILES string of the molecule is O=C1CC(N(Cc2ccccc2Cl)C(=O)C23CC4CC(CC(C4)C2)C3)C(=O)N1c1ccc(Br)cc1. The molecule has 3 amide bonds. The summed E-state index contributed by atoms with van der Waals surface area (Å²) in [6.07, 6.45) is 6.41. The second-order valence-electron chi connectivity index (χ2n) is 11.0. The van der Waals surface area contributed by atoms with E-state index < -0.39 is 11.5 Å². The first-order chi connectivity index (χ1) is 16.8. The molecule has 0 N–H and O–H groups in total. The van der Waals surface area contributed by atoms with Crippen LogP contribution in [0.5, 0.6) is 0 Å². The molecule has 4 bridgehead atoms. The van der Waals surface area contributed by atoms with Crippen molar-refractivity contribution in [3.63, 3.8) is 0 Å². The molecular formula is C28H28BrClN2O3. The fourth-order valence-corrected chi connectivity index (χ4v) is 7.99. The number of carbonyl (C=O) groups is 3. The molecule has 7 rings (SSSR count). The fraction of sp³-hybridized carbons (Fsp3) is 0.464. The molecule has 2 aromatic carbocycles. The molecule has 2 aromatic rings. The highest BCUT2D eigenvalue weighted by atomic mass is 79.9. The first kappa shape index (κ1) is 23.2. The second kappa shape index (κ2) is 8.74. The van der Waals surface area contributed by atoms with Gasteiger partial charge in [-0.15, -0.1) is 0 Å². The molecule has 1 saturated heterocycles. The summed E-state index contributed by atoms with van der Waals surface area (Å²) >= 11 is 9.90. The Morgan fingerprint density at radius 3 is 2.17 bits per heavy atom. The van der Waals surface area contributed by atoms with E-state index >= 15 is 0 Å². The first-order valence-electron chi connectivity index (χ1n) is 12.5. The van der Waals surface area contributed by atoms with E-state index in [4.69, 9.17) is 11.6 Å². The Morgan fingerprint density at radius 1 is 0.971 bits per heavy atom. The van der Waals surface area contributed by atoms with Crippen LogP contribution in [0.4, 0.5) is 5.69 Å². The van der Waals surface area contributed by atoms with Gasteiger partial charge in [-0.1, -0.05) is 45.7 Å². The number of hydrogen-bond donors (Lipinski definition) is 0. The van der Waals surface area contributed by atoms with Gasteiger partial charge in [-0.25, -0.2) is 4.90 Å². The third-order valence-corrected chi connectivity index (χ3v) is 9.53. The molecule has 1 atom stereocenters. The van der Waals surface area contributed by atoms with E-state index in [-0.39, 0.29) is 30.7 Å². The molecule has 5 aliphatic rings. The van der Waals surface area contributed by atoms with Crippen LogP contribution in [0.1, 0.15) is 50.5 Å². The van der Waals surface area contributed by atoms with Crippen molar-refractivity contribution in [2.45, 2.75) is 57.5 Å². The van der Waals surface area contributed by atoms with Gasteiger partial charge in [-0.05, 0) is 92.2 Å². The topological polar surface area (TPSA) is 57.7 Å². The highest BCUT2D eigenvalue weighted by Gasteiger charge is 2.57. The van der Waals surface area contributed by atoms with Gasteiger partial charge in [-0.3, -0.25) is 14.4 Å². The minimum Gasteiger partial charge on any atom is -0.325 e. The molecule has 0 radical (unpaired) electrons. The summed E-state index contributed by atoms with van der Waals surface area (Å²) in [6.45, 7) is 0.234. The van der Waals surface area contributed by atoms with E-state index in [0.717, 1.165) is 29.3 Å². The van der Waals surface area contributed by atoms with Gasteiger partial charge in [0.25, 0.3) is 5.91 Å². The van der Waals surface area contributed by atoms with Crippen LogP contribution in [0.2, 0.25) is 5.02 Å². The Balaban J connectivity index is 1.36. The number of hydrogen-bond acceptors (Lipinski definition) is 3. The largest absolute Gasteiger partial charge is 0.325 e. The lowest BCUT2D eigenvalue weighted by molar-refractivity contribution is -0.162. The van der Waals surface area contributed by atoms with Crippen LogP contribution in [-0.4, -0.2) is 28.7 Å². The van der Waals surface area contributed by atoms with Gasteiger partial charge in [0.05, 0.1) is 17.5 Å². The summed E-state index contributed by atoms with van der Waals surface area (Å²) in [5.74, 6) is 1.25. The Kier molecular flexibility index (Phi) is 5.80. The standard InChI is InChI=1S/C28H28BrClN2O3/c29-21-5-7-22(8-6-21)32-25(33)12-24(26(32)34)31(16-20-3-1-2-4-23(20)30)27(35)28-13-17-9-18(14-28)11-19(10-17)15-28/h1-8,17-19,24H,9-16H2. The number of nitrogens with zero attached hydrogens (tertiary/aromatic N) is 2. The minimum atomic E-state index is -0.817.